The summed E-state index contributed by atoms with van der Waals surface area (Å²) in [5.41, 5.74) is 9.00. The van der Waals surface area contributed by atoms with Gasteiger partial charge in [-0.25, -0.2) is 4.98 Å². The Hall–Kier alpha value is -2.15. The SMILES string of the molecule is Cc1ccc(Br)cc1COc1cc(N)nc2n[nH]nc12. The van der Waals surface area contributed by atoms with E-state index in [1.54, 1.807) is 6.07 Å². The summed E-state index contributed by atoms with van der Waals surface area (Å²) in [6.07, 6.45) is 0. The number of nitrogens with one attached hydrogen (secondary N) is 1. The molecule has 0 radical (unpaired) electrons. The lowest BCUT2D eigenvalue weighted by Crippen LogP contribution is -2.00. The Morgan fingerprint density at radius 3 is 3.00 bits per heavy atom. The Labute approximate surface area is 123 Å². The van der Waals surface area contributed by atoms with Crippen LogP contribution in [0.2, 0.25) is 0 Å². The maximum absolute atomic E-state index is 5.82. The van der Waals surface area contributed by atoms with Gasteiger partial charge in [-0.3, -0.25) is 0 Å². The fourth-order valence-corrected chi connectivity index (χ4v) is 2.30. The largest absolute Gasteiger partial charge is 0.486 e. The molecular weight excluding hydrogens is 322 g/mol. The standard InChI is InChI=1S/C13H12BrN5O/c1-7-2-3-9(14)4-8(7)6-20-10-5-11(15)16-13-12(10)17-19-18-13/h2-5H,6H2,1H3,(H3,15,16,17,18,19). The number of ether oxygens (including phenoxy) is 1. The van der Waals surface area contributed by atoms with Crippen molar-refractivity contribution < 1.29 is 4.74 Å². The minimum absolute atomic E-state index is 0.354. The van der Waals surface area contributed by atoms with Gasteiger partial charge in [0.25, 0.3) is 0 Å². The summed E-state index contributed by atoms with van der Waals surface area (Å²) < 4.78 is 6.83. The molecule has 20 heavy (non-hydrogen) atoms. The molecule has 2 heterocycles. The molecule has 0 fully saturated rings. The van der Waals surface area contributed by atoms with E-state index in [0.29, 0.717) is 29.3 Å². The summed E-state index contributed by atoms with van der Waals surface area (Å²) in [5, 5.41) is 10.5. The number of hydrogen-bond acceptors (Lipinski definition) is 5. The van der Waals surface area contributed by atoms with Gasteiger partial charge in [0.2, 0.25) is 5.65 Å². The third-order valence-corrected chi connectivity index (χ3v) is 3.46. The van der Waals surface area contributed by atoms with Crippen LogP contribution in [-0.4, -0.2) is 20.4 Å². The molecule has 0 atom stereocenters. The molecule has 3 aromatic rings. The lowest BCUT2D eigenvalue weighted by atomic mass is 10.1. The maximum atomic E-state index is 5.82. The van der Waals surface area contributed by atoms with Crippen LogP contribution in [0, 0.1) is 6.92 Å². The van der Waals surface area contributed by atoms with Gasteiger partial charge in [-0.2, -0.15) is 10.3 Å². The summed E-state index contributed by atoms with van der Waals surface area (Å²) >= 11 is 3.45. The van der Waals surface area contributed by atoms with Crippen LogP contribution in [0.3, 0.4) is 0 Å². The highest BCUT2D eigenvalue weighted by Crippen LogP contribution is 2.25. The van der Waals surface area contributed by atoms with Crippen LogP contribution in [-0.2, 0) is 6.61 Å². The second-order valence-electron chi connectivity index (χ2n) is 4.40. The van der Waals surface area contributed by atoms with Crippen molar-refractivity contribution >= 4 is 32.9 Å². The van der Waals surface area contributed by atoms with Crippen molar-refractivity contribution in [1.82, 2.24) is 20.4 Å². The van der Waals surface area contributed by atoms with Gasteiger partial charge in [0.1, 0.15) is 12.4 Å². The molecule has 0 amide bonds. The first-order chi connectivity index (χ1) is 9.63. The summed E-state index contributed by atoms with van der Waals surface area (Å²) in [4.78, 5) is 4.07. The van der Waals surface area contributed by atoms with Gasteiger partial charge >= 0.3 is 0 Å². The highest BCUT2D eigenvalue weighted by molar-refractivity contribution is 9.10. The second-order valence-corrected chi connectivity index (χ2v) is 5.32. The van der Waals surface area contributed by atoms with Crippen LogP contribution < -0.4 is 10.5 Å². The number of hydrogen-bond donors (Lipinski definition) is 2. The predicted molar refractivity (Wildman–Crippen MR) is 79.3 cm³/mol. The zero-order valence-electron chi connectivity index (χ0n) is 10.7. The number of nitrogens with zero attached hydrogens (tertiary/aromatic N) is 3. The summed E-state index contributed by atoms with van der Waals surface area (Å²) in [6, 6.07) is 7.71. The zero-order chi connectivity index (χ0) is 14.1. The van der Waals surface area contributed by atoms with Crippen molar-refractivity contribution in [2.45, 2.75) is 13.5 Å². The summed E-state index contributed by atoms with van der Waals surface area (Å²) in [7, 11) is 0. The number of nitrogen functional groups attached to an aromatic ring is 1. The van der Waals surface area contributed by atoms with E-state index in [-0.39, 0.29) is 0 Å². The van der Waals surface area contributed by atoms with Crippen molar-refractivity contribution in [3.8, 4) is 5.75 Å². The Morgan fingerprint density at radius 2 is 2.15 bits per heavy atom. The Morgan fingerprint density at radius 1 is 1.30 bits per heavy atom. The number of anilines is 1. The van der Waals surface area contributed by atoms with Crippen molar-refractivity contribution in [2.24, 2.45) is 0 Å². The topological polar surface area (TPSA) is 89.7 Å². The van der Waals surface area contributed by atoms with Crippen molar-refractivity contribution in [3.05, 3.63) is 39.9 Å². The minimum Gasteiger partial charge on any atom is -0.486 e. The van der Waals surface area contributed by atoms with Crippen LogP contribution in [0.15, 0.2) is 28.7 Å². The first-order valence-electron chi connectivity index (χ1n) is 5.98. The van der Waals surface area contributed by atoms with Crippen molar-refractivity contribution in [3.63, 3.8) is 0 Å². The molecule has 102 valence electrons. The fraction of sp³-hybridized carbons (Fsp3) is 0.154. The quantitative estimate of drug-likeness (QED) is 0.768. The van der Waals surface area contributed by atoms with Crippen molar-refractivity contribution in [2.75, 3.05) is 5.73 Å². The second kappa shape index (κ2) is 5.09. The van der Waals surface area contributed by atoms with E-state index >= 15 is 0 Å². The number of H-pyrrole nitrogens is 1. The number of aromatic nitrogens is 4. The van der Waals surface area contributed by atoms with E-state index in [4.69, 9.17) is 10.5 Å². The Balaban J connectivity index is 1.90. The molecule has 6 nitrogen and oxygen atoms in total. The molecular formula is C13H12BrN5O. The summed E-state index contributed by atoms with van der Waals surface area (Å²) in [5.74, 6) is 0.924. The van der Waals surface area contributed by atoms with Crippen LogP contribution in [0.5, 0.6) is 5.75 Å². The van der Waals surface area contributed by atoms with Crippen LogP contribution in [0.25, 0.3) is 11.2 Å². The molecule has 3 N–H and O–H groups in total. The number of pyridine rings is 1. The molecule has 3 rings (SSSR count). The van der Waals surface area contributed by atoms with Crippen LogP contribution >= 0.6 is 15.9 Å². The van der Waals surface area contributed by atoms with E-state index in [2.05, 4.69) is 36.3 Å². The molecule has 1 aromatic carbocycles. The lowest BCUT2D eigenvalue weighted by Gasteiger charge is -2.09. The summed E-state index contributed by atoms with van der Waals surface area (Å²) in [6.45, 7) is 2.47. The molecule has 0 unspecified atom stereocenters. The third-order valence-electron chi connectivity index (χ3n) is 2.97. The third kappa shape index (κ3) is 2.44. The van der Waals surface area contributed by atoms with E-state index < -0.39 is 0 Å². The van der Waals surface area contributed by atoms with E-state index in [9.17, 15) is 0 Å². The average molecular weight is 334 g/mol. The molecule has 0 aliphatic carbocycles. The number of fused-ring (bicyclic) bond motifs is 1. The first-order valence-corrected chi connectivity index (χ1v) is 6.77. The van der Waals surface area contributed by atoms with Gasteiger partial charge in [-0.15, -0.1) is 5.10 Å². The van der Waals surface area contributed by atoms with Crippen LogP contribution in [0.1, 0.15) is 11.1 Å². The molecule has 0 bridgehead atoms. The molecule has 0 saturated carbocycles. The molecule has 0 saturated heterocycles. The number of aryl methyl sites for hydroxylation is 1. The van der Waals surface area contributed by atoms with Crippen molar-refractivity contribution in [1.29, 1.82) is 0 Å². The maximum Gasteiger partial charge on any atom is 0.207 e. The fourth-order valence-electron chi connectivity index (χ4n) is 1.89. The number of aromatic amines is 1. The molecule has 2 aromatic heterocycles. The highest BCUT2D eigenvalue weighted by atomic mass is 79.9. The van der Waals surface area contributed by atoms with Gasteiger partial charge in [-0.05, 0) is 30.2 Å². The molecule has 0 aliphatic heterocycles. The number of benzene rings is 1. The normalized spacial score (nSPS) is 10.9. The van der Waals surface area contributed by atoms with Gasteiger partial charge in [0.05, 0.1) is 0 Å². The van der Waals surface area contributed by atoms with Gasteiger partial charge < -0.3 is 10.5 Å². The Kier molecular flexibility index (Phi) is 3.27. The Bertz CT molecular complexity index is 771. The van der Waals surface area contributed by atoms with E-state index in [1.807, 2.05) is 25.1 Å². The molecule has 7 heteroatoms. The number of halogens is 1. The molecule has 0 spiro atoms. The average Bonchev–Trinajstić information content (AvgIpc) is 2.87. The van der Waals surface area contributed by atoms with Gasteiger partial charge in [0.15, 0.2) is 11.3 Å². The van der Waals surface area contributed by atoms with Gasteiger partial charge in [0, 0.05) is 10.5 Å². The monoisotopic (exact) mass is 333 g/mol. The highest BCUT2D eigenvalue weighted by Gasteiger charge is 2.10. The zero-order valence-corrected chi connectivity index (χ0v) is 12.3. The van der Waals surface area contributed by atoms with Gasteiger partial charge in [-0.1, -0.05) is 22.0 Å². The van der Waals surface area contributed by atoms with Crippen LogP contribution in [0.4, 0.5) is 5.82 Å². The minimum atomic E-state index is 0.354. The first kappa shape index (κ1) is 12.9. The number of nitrogens with two attached hydrogens (primary N) is 1. The molecule has 0 aliphatic rings. The predicted octanol–water partition coefficient (Wildman–Crippen LogP) is 2.59. The smallest absolute Gasteiger partial charge is 0.207 e. The van der Waals surface area contributed by atoms with E-state index in [1.165, 1.54) is 0 Å². The number of rotatable bonds is 3. The van der Waals surface area contributed by atoms with E-state index in [0.717, 1.165) is 15.6 Å². The lowest BCUT2D eigenvalue weighted by molar-refractivity contribution is 0.308.